The van der Waals surface area contributed by atoms with E-state index in [4.69, 9.17) is 10.8 Å². The fraction of sp³-hybridized carbons (Fsp3) is 0.733. The maximum atomic E-state index is 5.57. The third-order valence-electron chi connectivity index (χ3n) is 4.71. The molecule has 0 spiro atoms. The summed E-state index contributed by atoms with van der Waals surface area (Å²) in [4.78, 5) is 11.7. The molecular formula is C15H25N5. The minimum Gasteiger partial charge on any atom is -0.353 e. The van der Waals surface area contributed by atoms with Crippen LogP contribution in [0.1, 0.15) is 51.8 Å². The third kappa shape index (κ3) is 2.59. The Bertz CT molecular complexity index is 485. The summed E-state index contributed by atoms with van der Waals surface area (Å²) in [5.41, 5.74) is 2.69. The highest BCUT2D eigenvalue weighted by Crippen LogP contribution is 2.40. The van der Waals surface area contributed by atoms with Crippen molar-refractivity contribution in [3.63, 3.8) is 0 Å². The Labute approximate surface area is 120 Å². The lowest BCUT2D eigenvalue weighted by atomic mass is 9.86. The minimum atomic E-state index is 0.513. The second kappa shape index (κ2) is 5.20. The van der Waals surface area contributed by atoms with E-state index in [1.54, 1.807) is 0 Å². The van der Waals surface area contributed by atoms with Gasteiger partial charge >= 0.3 is 0 Å². The van der Waals surface area contributed by atoms with Crippen molar-refractivity contribution < 1.29 is 0 Å². The van der Waals surface area contributed by atoms with Crippen LogP contribution in [0.5, 0.6) is 0 Å². The Morgan fingerprint density at radius 2 is 2.00 bits per heavy atom. The number of hydrogen-bond acceptors (Lipinski definition) is 5. The van der Waals surface area contributed by atoms with Crippen LogP contribution in [0.15, 0.2) is 6.07 Å². The van der Waals surface area contributed by atoms with Crippen LogP contribution in [0.2, 0.25) is 0 Å². The highest BCUT2D eigenvalue weighted by Gasteiger charge is 2.32. The van der Waals surface area contributed by atoms with Gasteiger partial charge in [-0.3, -0.25) is 0 Å². The van der Waals surface area contributed by atoms with E-state index in [9.17, 15) is 0 Å². The third-order valence-corrected chi connectivity index (χ3v) is 4.71. The lowest BCUT2D eigenvalue weighted by Gasteiger charge is -2.42. The molecule has 1 aliphatic carbocycles. The molecule has 2 heterocycles. The molecule has 3 unspecified atom stereocenters. The molecule has 1 saturated heterocycles. The highest BCUT2D eigenvalue weighted by atomic mass is 15.3. The first kappa shape index (κ1) is 13.6. The van der Waals surface area contributed by atoms with Gasteiger partial charge in [-0.15, -0.1) is 0 Å². The summed E-state index contributed by atoms with van der Waals surface area (Å²) in [7, 11) is 0. The van der Waals surface area contributed by atoms with Crippen LogP contribution in [-0.4, -0.2) is 22.6 Å². The molecule has 1 saturated carbocycles. The molecule has 1 aromatic rings. The van der Waals surface area contributed by atoms with Crippen molar-refractivity contribution in [1.82, 2.24) is 9.97 Å². The number of piperidine rings is 1. The van der Waals surface area contributed by atoms with E-state index in [0.717, 1.165) is 24.0 Å². The van der Waals surface area contributed by atoms with Crippen LogP contribution in [-0.2, 0) is 0 Å². The SMILES string of the molecule is CC1CC(C)C(C)N(c2cc(NN)nc(C3CC3)n2)C1. The minimum absolute atomic E-state index is 0.513. The Kier molecular flexibility index (Phi) is 3.54. The second-order valence-corrected chi connectivity index (χ2v) is 6.60. The lowest BCUT2D eigenvalue weighted by Crippen LogP contribution is -2.46. The summed E-state index contributed by atoms with van der Waals surface area (Å²) >= 11 is 0. The van der Waals surface area contributed by atoms with Gasteiger partial charge in [0.25, 0.3) is 0 Å². The highest BCUT2D eigenvalue weighted by molar-refractivity contribution is 5.50. The predicted molar refractivity (Wildman–Crippen MR) is 81.6 cm³/mol. The molecule has 0 aromatic carbocycles. The molecular weight excluding hydrogens is 250 g/mol. The van der Waals surface area contributed by atoms with E-state index in [2.05, 4.69) is 36.1 Å². The molecule has 110 valence electrons. The van der Waals surface area contributed by atoms with Gasteiger partial charge in [0.15, 0.2) is 0 Å². The van der Waals surface area contributed by atoms with Gasteiger partial charge in [0.1, 0.15) is 17.5 Å². The number of hydrazine groups is 1. The Hall–Kier alpha value is -1.36. The second-order valence-electron chi connectivity index (χ2n) is 6.60. The summed E-state index contributed by atoms with van der Waals surface area (Å²) in [5, 5.41) is 0. The number of hydrogen-bond donors (Lipinski definition) is 2. The molecule has 3 atom stereocenters. The van der Waals surface area contributed by atoms with Gasteiger partial charge in [0.05, 0.1) is 0 Å². The number of nitrogens with zero attached hydrogens (tertiary/aromatic N) is 3. The van der Waals surface area contributed by atoms with Crippen molar-refractivity contribution >= 4 is 11.6 Å². The first-order chi connectivity index (χ1) is 9.58. The fourth-order valence-corrected chi connectivity index (χ4v) is 3.22. The largest absolute Gasteiger partial charge is 0.353 e. The van der Waals surface area contributed by atoms with Crippen LogP contribution in [0, 0.1) is 11.8 Å². The standard InChI is InChI=1S/C15H25N5/c1-9-6-10(2)11(3)20(8-9)14-7-13(19-16)17-15(18-14)12-4-5-12/h7,9-12H,4-6,8,16H2,1-3H3,(H,17,18,19). The van der Waals surface area contributed by atoms with E-state index in [-0.39, 0.29) is 0 Å². The summed E-state index contributed by atoms with van der Waals surface area (Å²) in [5.74, 6) is 10.2. The quantitative estimate of drug-likeness (QED) is 0.655. The van der Waals surface area contributed by atoms with Gasteiger partial charge in [0.2, 0.25) is 0 Å². The molecule has 0 amide bonds. The maximum absolute atomic E-state index is 5.57. The van der Waals surface area contributed by atoms with E-state index in [0.29, 0.717) is 23.8 Å². The van der Waals surface area contributed by atoms with Gasteiger partial charge in [-0.2, -0.15) is 0 Å². The van der Waals surface area contributed by atoms with E-state index < -0.39 is 0 Å². The molecule has 1 aromatic heterocycles. The van der Waals surface area contributed by atoms with Crippen LogP contribution in [0.3, 0.4) is 0 Å². The number of nitrogens with one attached hydrogen (secondary N) is 1. The van der Waals surface area contributed by atoms with Crippen molar-refractivity contribution in [3.8, 4) is 0 Å². The number of rotatable bonds is 3. The van der Waals surface area contributed by atoms with Crippen LogP contribution in [0.4, 0.5) is 11.6 Å². The van der Waals surface area contributed by atoms with E-state index in [1.165, 1.54) is 19.3 Å². The zero-order valence-corrected chi connectivity index (χ0v) is 12.6. The number of aromatic nitrogens is 2. The Balaban J connectivity index is 1.93. The molecule has 2 fully saturated rings. The number of anilines is 2. The Morgan fingerprint density at radius 1 is 1.25 bits per heavy atom. The summed E-state index contributed by atoms with van der Waals surface area (Å²) < 4.78 is 0. The smallest absolute Gasteiger partial charge is 0.145 e. The van der Waals surface area contributed by atoms with E-state index >= 15 is 0 Å². The van der Waals surface area contributed by atoms with Crippen molar-refractivity contribution in [2.45, 2.75) is 52.0 Å². The van der Waals surface area contributed by atoms with Gasteiger partial charge in [-0.1, -0.05) is 13.8 Å². The van der Waals surface area contributed by atoms with Gasteiger partial charge in [0, 0.05) is 24.6 Å². The van der Waals surface area contributed by atoms with Crippen molar-refractivity contribution in [1.29, 1.82) is 0 Å². The zero-order chi connectivity index (χ0) is 14.3. The van der Waals surface area contributed by atoms with Gasteiger partial charge in [-0.25, -0.2) is 15.8 Å². The average molecular weight is 275 g/mol. The number of nitrogens with two attached hydrogens (primary N) is 1. The predicted octanol–water partition coefficient (Wildman–Crippen LogP) is 2.51. The molecule has 0 radical (unpaired) electrons. The first-order valence-corrected chi connectivity index (χ1v) is 7.70. The van der Waals surface area contributed by atoms with Gasteiger partial charge < -0.3 is 10.3 Å². The molecule has 3 N–H and O–H groups in total. The van der Waals surface area contributed by atoms with Crippen molar-refractivity contribution in [3.05, 3.63) is 11.9 Å². The molecule has 20 heavy (non-hydrogen) atoms. The van der Waals surface area contributed by atoms with Gasteiger partial charge in [-0.05, 0) is 38.0 Å². The monoisotopic (exact) mass is 275 g/mol. The Morgan fingerprint density at radius 3 is 2.65 bits per heavy atom. The van der Waals surface area contributed by atoms with Crippen LogP contribution < -0.4 is 16.2 Å². The summed E-state index contributed by atoms with van der Waals surface area (Å²) in [6.45, 7) is 8.01. The molecule has 3 rings (SSSR count). The van der Waals surface area contributed by atoms with Crippen LogP contribution in [0.25, 0.3) is 0 Å². The molecule has 1 aliphatic heterocycles. The van der Waals surface area contributed by atoms with Crippen molar-refractivity contribution in [2.75, 3.05) is 16.9 Å². The van der Waals surface area contributed by atoms with Crippen molar-refractivity contribution in [2.24, 2.45) is 17.7 Å². The fourth-order valence-electron chi connectivity index (χ4n) is 3.22. The topological polar surface area (TPSA) is 67.1 Å². The zero-order valence-electron chi connectivity index (χ0n) is 12.6. The summed E-state index contributed by atoms with van der Waals surface area (Å²) in [6.07, 6.45) is 3.70. The molecule has 2 aliphatic rings. The first-order valence-electron chi connectivity index (χ1n) is 7.70. The number of nitrogen functional groups attached to an aromatic ring is 1. The molecule has 0 bridgehead atoms. The van der Waals surface area contributed by atoms with Crippen LogP contribution >= 0.6 is 0 Å². The molecule has 5 heteroatoms. The summed E-state index contributed by atoms with van der Waals surface area (Å²) in [6, 6.07) is 2.49. The normalized spacial score (nSPS) is 30.4. The maximum Gasteiger partial charge on any atom is 0.145 e. The lowest BCUT2D eigenvalue weighted by molar-refractivity contribution is 0.295. The molecule has 5 nitrogen and oxygen atoms in total. The average Bonchev–Trinajstić information content (AvgIpc) is 3.26. The van der Waals surface area contributed by atoms with E-state index in [1.807, 2.05) is 6.07 Å².